The molecule has 0 aliphatic heterocycles. The second-order valence-corrected chi connectivity index (χ2v) is 5.51. The highest BCUT2D eigenvalue weighted by molar-refractivity contribution is 7.80. The number of rotatable bonds is 5. The Morgan fingerprint density at radius 3 is 2.55 bits per heavy atom. The molecule has 1 atom stereocenters. The average molecular weight is 335 g/mol. The van der Waals surface area contributed by atoms with Crippen LogP contribution in [0.25, 0.3) is 0 Å². The van der Waals surface area contributed by atoms with Gasteiger partial charge < -0.3 is 15.7 Å². The van der Waals surface area contributed by atoms with Gasteiger partial charge in [0, 0.05) is 10.7 Å². The third-order valence-corrected chi connectivity index (χ3v) is 3.42. The molecule has 2 aromatic carbocycles. The highest BCUT2D eigenvalue weighted by Gasteiger charge is 2.17. The minimum atomic E-state index is -0.917. The van der Waals surface area contributed by atoms with Crippen LogP contribution in [-0.2, 0) is 4.79 Å². The Balaban J connectivity index is 2.09. The van der Waals surface area contributed by atoms with Crippen molar-refractivity contribution in [3.05, 3.63) is 65.2 Å². The van der Waals surface area contributed by atoms with Gasteiger partial charge in [0.15, 0.2) is 5.11 Å². The zero-order valence-corrected chi connectivity index (χ0v) is 13.2. The van der Waals surface area contributed by atoms with Crippen LogP contribution in [0.5, 0.6) is 0 Å². The fourth-order valence-corrected chi connectivity index (χ4v) is 2.46. The number of carbonyl (C=O) groups is 1. The SMILES string of the molecule is O=C(O)C[C@@H](NC(=S)Nc1ccccc1)c1cccc(Cl)c1. The number of nitrogens with one attached hydrogen (secondary N) is 2. The molecule has 114 valence electrons. The molecule has 3 N–H and O–H groups in total. The van der Waals surface area contributed by atoms with E-state index in [-0.39, 0.29) is 6.42 Å². The Morgan fingerprint density at radius 1 is 1.18 bits per heavy atom. The number of hydrogen-bond donors (Lipinski definition) is 3. The average Bonchev–Trinajstić information content (AvgIpc) is 2.47. The molecular formula is C16H15ClN2O2S. The highest BCUT2D eigenvalue weighted by Crippen LogP contribution is 2.21. The van der Waals surface area contributed by atoms with E-state index in [1.807, 2.05) is 36.4 Å². The Labute approximate surface area is 139 Å². The molecule has 0 saturated carbocycles. The van der Waals surface area contributed by atoms with Crippen LogP contribution in [0.15, 0.2) is 54.6 Å². The molecule has 0 radical (unpaired) electrons. The molecule has 22 heavy (non-hydrogen) atoms. The lowest BCUT2D eigenvalue weighted by atomic mass is 10.0. The van der Waals surface area contributed by atoms with Gasteiger partial charge in [0.05, 0.1) is 12.5 Å². The summed E-state index contributed by atoms with van der Waals surface area (Å²) < 4.78 is 0. The molecule has 4 nitrogen and oxygen atoms in total. The molecule has 0 fully saturated rings. The Hall–Kier alpha value is -2.11. The fourth-order valence-electron chi connectivity index (χ4n) is 2.00. The Morgan fingerprint density at radius 2 is 1.91 bits per heavy atom. The van der Waals surface area contributed by atoms with E-state index in [1.54, 1.807) is 18.2 Å². The quantitative estimate of drug-likeness (QED) is 0.725. The zero-order chi connectivity index (χ0) is 15.9. The summed E-state index contributed by atoms with van der Waals surface area (Å²) in [7, 11) is 0. The van der Waals surface area contributed by atoms with Crippen molar-refractivity contribution in [2.45, 2.75) is 12.5 Å². The van der Waals surface area contributed by atoms with Crippen molar-refractivity contribution >= 4 is 40.6 Å². The minimum absolute atomic E-state index is 0.100. The van der Waals surface area contributed by atoms with E-state index in [0.29, 0.717) is 10.1 Å². The molecule has 0 heterocycles. The molecule has 6 heteroatoms. The molecule has 0 aliphatic rings. The maximum absolute atomic E-state index is 11.1. The summed E-state index contributed by atoms with van der Waals surface area (Å²) in [6.07, 6.45) is -0.100. The molecule has 0 spiro atoms. The molecule has 0 unspecified atom stereocenters. The van der Waals surface area contributed by atoms with Crippen LogP contribution in [0.2, 0.25) is 5.02 Å². The van der Waals surface area contributed by atoms with Crippen molar-refractivity contribution in [2.75, 3.05) is 5.32 Å². The van der Waals surface area contributed by atoms with Gasteiger partial charge in [-0.2, -0.15) is 0 Å². The number of carboxylic acids is 1. The second-order valence-electron chi connectivity index (χ2n) is 4.67. The number of aliphatic carboxylic acids is 1. The van der Waals surface area contributed by atoms with Gasteiger partial charge in [-0.05, 0) is 42.0 Å². The van der Waals surface area contributed by atoms with Crippen LogP contribution in [-0.4, -0.2) is 16.2 Å². The third-order valence-electron chi connectivity index (χ3n) is 2.97. The molecule has 2 aromatic rings. The standard InChI is InChI=1S/C16H15ClN2O2S/c17-12-6-4-5-11(9-12)14(10-15(20)21)19-16(22)18-13-7-2-1-3-8-13/h1-9,14H,10H2,(H,20,21)(H2,18,19,22)/t14-/m1/s1. The number of para-hydroxylation sites is 1. The maximum atomic E-state index is 11.1. The summed E-state index contributed by atoms with van der Waals surface area (Å²) in [5.74, 6) is -0.917. The molecule has 0 saturated heterocycles. The van der Waals surface area contributed by atoms with Crippen LogP contribution in [0.4, 0.5) is 5.69 Å². The van der Waals surface area contributed by atoms with E-state index in [4.69, 9.17) is 28.9 Å². The highest BCUT2D eigenvalue weighted by atomic mass is 35.5. The number of hydrogen-bond acceptors (Lipinski definition) is 2. The monoisotopic (exact) mass is 334 g/mol. The number of thiocarbonyl (C=S) groups is 1. The lowest BCUT2D eigenvalue weighted by Crippen LogP contribution is -2.33. The van der Waals surface area contributed by atoms with Crippen molar-refractivity contribution in [2.24, 2.45) is 0 Å². The molecular weight excluding hydrogens is 320 g/mol. The normalized spacial score (nSPS) is 11.5. The van der Waals surface area contributed by atoms with Crippen molar-refractivity contribution < 1.29 is 9.90 Å². The van der Waals surface area contributed by atoms with E-state index in [9.17, 15) is 4.79 Å². The zero-order valence-electron chi connectivity index (χ0n) is 11.6. The van der Waals surface area contributed by atoms with Crippen LogP contribution in [0.3, 0.4) is 0 Å². The summed E-state index contributed by atoms with van der Waals surface area (Å²) in [5, 5.41) is 16.0. The second kappa shape index (κ2) is 7.77. The van der Waals surface area contributed by atoms with Gasteiger partial charge >= 0.3 is 5.97 Å². The first-order valence-electron chi connectivity index (χ1n) is 6.64. The summed E-state index contributed by atoms with van der Waals surface area (Å²) in [6, 6.07) is 16.0. The number of anilines is 1. The van der Waals surface area contributed by atoms with Crippen molar-refractivity contribution in [1.29, 1.82) is 0 Å². The van der Waals surface area contributed by atoms with E-state index in [1.165, 1.54) is 0 Å². The first-order valence-corrected chi connectivity index (χ1v) is 7.43. The van der Waals surface area contributed by atoms with Crippen molar-refractivity contribution in [1.82, 2.24) is 5.32 Å². The van der Waals surface area contributed by atoms with Gasteiger partial charge in [-0.25, -0.2) is 0 Å². The van der Waals surface area contributed by atoms with Crippen LogP contribution in [0.1, 0.15) is 18.0 Å². The maximum Gasteiger partial charge on any atom is 0.305 e. The van der Waals surface area contributed by atoms with Crippen LogP contribution in [0, 0.1) is 0 Å². The summed E-state index contributed by atoms with van der Waals surface area (Å²) in [5.41, 5.74) is 1.60. The van der Waals surface area contributed by atoms with Crippen molar-refractivity contribution in [3.63, 3.8) is 0 Å². The predicted molar refractivity (Wildman–Crippen MR) is 92.2 cm³/mol. The summed E-state index contributed by atoms with van der Waals surface area (Å²) >= 11 is 11.2. The Bertz CT molecular complexity index is 664. The predicted octanol–water partition coefficient (Wildman–Crippen LogP) is 3.84. The topological polar surface area (TPSA) is 61.4 Å². The summed E-state index contributed by atoms with van der Waals surface area (Å²) in [6.45, 7) is 0. The van der Waals surface area contributed by atoms with E-state index in [2.05, 4.69) is 10.6 Å². The largest absolute Gasteiger partial charge is 0.481 e. The molecule has 0 aliphatic carbocycles. The van der Waals surface area contributed by atoms with Gasteiger partial charge in [0.2, 0.25) is 0 Å². The van der Waals surface area contributed by atoms with Crippen LogP contribution < -0.4 is 10.6 Å². The van der Waals surface area contributed by atoms with E-state index < -0.39 is 12.0 Å². The van der Waals surface area contributed by atoms with Gasteiger partial charge in [-0.15, -0.1) is 0 Å². The van der Waals surface area contributed by atoms with E-state index in [0.717, 1.165) is 11.3 Å². The third kappa shape index (κ3) is 5.02. The molecule has 2 rings (SSSR count). The minimum Gasteiger partial charge on any atom is -0.481 e. The number of benzene rings is 2. The van der Waals surface area contributed by atoms with E-state index >= 15 is 0 Å². The number of halogens is 1. The first kappa shape index (κ1) is 16.3. The number of carboxylic acid groups (broad SMARTS) is 1. The van der Waals surface area contributed by atoms with Crippen LogP contribution >= 0.6 is 23.8 Å². The smallest absolute Gasteiger partial charge is 0.305 e. The molecule has 0 bridgehead atoms. The first-order chi connectivity index (χ1) is 10.5. The van der Waals surface area contributed by atoms with Gasteiger partial charge in [-0.3, -0.25) is 4.79 Å². The Kier molecular flexibility index (Phi) is 5.75. The van der Waals surface area contributed by atoms with Gasteiger partial charge in [0.1, 0.15) is 0 Å². The summed E-state index contributed by atoms with van der Waals surface area (Å²) in [4.78, 5) is 11.1. The lowest BCUT2D eigenvalue weighted by Gasteiger charge is -2.20. The molecule has 0 aromatic heterocycles. The van der Waals surface area contributed by atoms with Gasteiger partial charge in [0.25, 0.3) is 0 Å². The molecule has 0 amide bonds. The van der Waals surface area contributed by atoms with Crippen molar-refractivity contribution in [3.8, 4) is 0 Å². The lowest BCUT2D eigenvalue weighted by molar-refractivity contribution is -0.137. The van der Waals surface area contributed by atoms with Gasteiger partial charge in [-0.1, -0.05) is 41.9 Å². The fraction of sp³-hybridized carbons (Fsp3) is 0.125.